The Morgan fingerprint density at radius 3 is 2.35 bits per heavy atom. The molecular formula is C16H21N3O. The standard InChI is InChI=1S/C16H21N3O/c1-4-17-16(14-9-10-18-19-11-14)13-5-7-15(8-6-13)20-12(2)3/h5-12,16-17H,4H2,1-3H3. The molecule has 0 radical (unpaired) electrons. The molecule has 0 aliphatic carbocycles. The van der Waals surface area contributed by atoms with E-state index in [1.165, 1.54) is 5.56 Å². The predicted molar refractivity (Wildman–Crippen MR) is 79.8 cm³/mol. The van der Waals surface area contributed by atoms with E-state index in [1.54, 1.807) is 12.4 Å². The molecule has 0 fully saturated rings. The Morgan fingerprint density at radius 1 is 1.05 bits per heavy atom. The molecule has 0 amide bonds. The molecule has 2 aromatic rings. The van der Waals surface area contributed by atoms with Crippen LogP contribution in [0.15, 0.2) is 42.7 Å². The first kappa shape index (κ1) is 14.5. The smallest absolute Gasteiger partial charge is 0.119 e. The van der Waals surface area contributed by atoms with Crippen molar-refractivity contribution in [3.63, 3.8) is 0 Å². The first-order valence-corrected chi connectivity index (χ1v) is 6.97. The second kappa shape index (κ2) is 7.01. The molecular weight excluding hydrogens is 250 g/mol. The SMILES string of the molecule is CCNC(c1ccc(OC(C)C)cc1)c1ccnnc1. The molecule has 2 rings (SSSR count). The van der Waals surface area contributed by atoms with E-state index < -0.39 is 0 Å². The fourth-order valence-corrected chi connectivity index (χ4v) is 2.11. The number of nitrogens with zero attached hydrogens (tertiary/aromatic N) is 2. The van der Waals surface area contributed by atoms with Crippen molar-refractivity contribution in [2.24, 2.45) is 0 Å². The summed E-state index contributed by atoms with van der Waals surface area (Å²) in [6, 6.07) is 10.3. The quantitative estimate of drug-likeness (QED) is 0.877. The van der Waals surface area contributed by atoms with Crippen molar-refractivity contribution in [3.05, 3.63) is 53.9 Å². The molecule has 1 aromatic carbocycles. The van der Waals surface area contributed by atoms with Gasteiger partial charge in [0.2, 0.25) is 0 Å². The highest BCUT2D eigenvalue weighted by Crippen LogP contribution is 2.23. The zero-order valence-electron chi connectivity index (χ0n) is 12.2. The third-order valence-electron chi connectivity index (χ3n) is 2.93. The van der Waals surface area contributed by atoms with E-state index in [4.69, 9.17) is 4.74 Å². The fourth-order valence-electron chi connectivity index (χ4n) is 2.11. The first-order chi connectivity index (χ1) is 9.70. The van der Waals surface area contributed by atoms with Gasteiger partial charge in [-0.2, -0.15) is 10.2 Å². The van der Waals surface area contributed by atoms with Gasteiger partial charge in [-0.3, -0.25) is 0 Å². The molecule has 0 saturated heterocycles. The maximum absolute atomic E-state index is 5.67. The molecule has 4 heteroatoms. The number of nitrogens with one attached hydrogen (secondary N) is 1. The monoisotopic (exact) mass is 271 g/mol. The van der Waals surface area contributed by atoms with Crippen LogP contribution in [0.2, 0.25) is 0 Å². The van der Waals surface area contributed by atoms with Crippen LogP contribution in [0.1, 0.15) is 37.9 Å². The van der Waals surface area contributed by atoms with Gasteiger partial charge in [0.15, 0.2) is 0 Å². The summed E-state index contributed by atoms with van der Waals surface area (Å²) < 4.78 is 5.67. The molecule has 1 unspecified atom stereocenters. The van der Waals surface area contributed by atoms with Crippen LogP contribution in [0.4, 0.5) is 0 Å². The van der Waals surface area contributed by atoms with Crippen molar-refractivity contribution < 1.29 is 4.74 Å². The van der Waals surface area contributed by atoms with Crippen LogP contribution in [0.5, 0.6) is 5.75 Å². The van der Waals surface area contributed by atoms with Crippen molar-refractivity contribution in [1.82, 2.24) is 15.5 Å². The highest BCUT2D eigenvalue weighted by Gasteiger charge is 2.13. The highest BCUT2D eigenvalue weighted by molar-refractivity contribution is 5.34. The summed E-state index contributed by atoms with van der Waals surface area (Å²) in [5.74, 6) is 0.895. The van der Waals surface area contributed by atoms with Gasteiger partial charge < -0.3 is 10.1 Å². The fraction of sp³-hybridized carbons (Fsp3) is 0.375. The van der Waals surface area contributed by atoms with E-state index in [9.17, 15) is 0 Å². The van der Waals surface area contributed by atoms with Gasteiger partial charge >= 0.3 is 0 Å². The predicted octanol–water partition coefficient (Wildman–Crippen LogP) is 2.96. The molecule has 1 aromatic heterocycles. The average molecular weight is 271 g/mol. The van der Waals surface area contributed by atoms with E-state index in [1.807, 2.05) is 32.0 Å². The minimum absolute atomic E-state index is 0.128. The number of aromatic nitrogens is 2. The Labute approximate surface area is 120 Å². The topological polar surface area (TPSA) is 47.0 Å². The van der Waals surface area contributed by atoms with E-state index in [-0.39, 0.29) is 12.1 Å². The summed E-state index contributed by atoms with van der Waals surface area (Å²) in [5, 5.41) is 11.3. The number of benzene rings is 1. The average Bonchev–Trinajstić information content (AvgIpc) is 2.46. The van der Waals surface area contributed by atoms with Gasteiger partial charge in [0.1, 0.15) is 5.75 Å². The van der Waals surface area contributed by atoms with E-state index in [2.05, 4.69) is 34.6 Å². The normalized spacial score (nSPS) is 12.4. The van der Waals surface area contributed by atoms with Crippen LogP contribution in [-0.2, 0) is 0 Å². The molecule has 0 bridgehead atoms. The van der Waals surface area contributed by atoms with E-state index >= 15 is 0 Å². The lowest BCUT2D eigenvalue weighted by Gasteiger charge is -2.19. The van der Waals surface area contributed by atoms with Crippen LogP contribution < -0.4 is 10.1 Å². The summed E-state index contributed by atoms with van der Waals surface area (Å²) in [7, 11) is 0. The van der Waals surface area contributed by atoms with Gasteiger partial charge in [0, 0.05) is 6.20 Å². The molecule has 1 heterocycles. The minimum atomic E-state index is 0.128. The van der Waals surface area contributed by atoms with Crippen LogP contribution in [0, 0.1) is 0 Å². The van der Waals surface area contributed by atoms with Gasteiger partial charge in [-0.05, 0) is 49.7 Å². The Morgan fingerprint density at radius 2 is 1.80 bits per heavy atom. The molecule has 0 saturated carbocycles. The van der Waals surface area contributed by atoms with Gasteiger partial charge in [-0.15, -0.1) is 0 Å². The van der Waals surface area contributed by atoms with Gasteiger partial charge in [0.05, 0.1) is 18.3 Å². The summed E-state index contributed by atoms with van der Waals surface area (Å²) in [5.41, 5.74) is 2.30. The Hall–Kier alpha value is -1.94. The van der Waals surface area contributed by atoms with Crippen molar-refractivity contribution >= 4 is 0 Å². The van der Waals surface area contributed by atoms with Crippen LogP contribution in [0.25, 0.3) is 0 Å². The number of rotatable bonds is 6. The zero-order chi connectivity index (χ0) is 14.4. The molecule has 106 valence electrons. The molecule has 0 spiro atoms. The molecule has 1 N–H and O–H groups in total. The second-order valence-corrected chi connectivity index (χ2v) is 4.90. The van der Waals surface area contributed by atoms with Crippen molar-refractivity contribution in [3.8, 4) is 5.75 Å². The summed E-state index contributed by atoms with van der Waals surface area (Å²) in [6.07, 6.45) is 3.71. The van der Waals surface area contributed by atoms with Gasteiger partial charge in [0.25, 0.3) is 0 Å². The molecule has 1 atom stereocenters. The molecule has 0 aliphatic rings. The summed E-state index contributed by atoms with van der Waals surface area (Å²) in [6.45, 7) is 7.03. The first-order valence-electron chi connectivity index (χ1n) is 6.97. The molecule has 20 heavy (non-hydrogen) atoms. The van der Waals surface area contributed by atoms with E-state index in [0.29, 0.717) is 0 Å². The third-order valence-corrected chi connectivity index (χ3v) is 2.93. The number of hydrogen-bond donors (Lipinski definition) is 1. The second-order valence-electron chi connectivity index (χ2n) is 4.90. The summed E-state index contributed by atoms with van der Waals surface area (Å²) >= 11 is 0. The van der Waals surface area contributed by atoms with Crippen LogP contribution in [0.3, 0.4) is 0 Å². The van der Waals surface area contributed by atoms with Crippen LogP contribution >= 0.6 is 0 Å². The van der Waals surface area contributed by atoms with Crippen molar-refractivity contribution in [2.45, 2.75) is 32.9 Å². The van der Waals surface area contributed by atoms with Crippen molar-refractivity contribution in [1.29, 1.82) is 0 Å². The number of hydrogen-bond acceptors (Lipinski definition) is 4. The van der Waals surface area contributed by atoms with E-state index in [0.717, 1.165) is 17.9 Å². The highest BCUT2D eigenvalue weighted by atomic mass is 16.5. The lowest BCUT2D eigenvalue weighted by Crippen LogP contribution is -2.22. The lowest BCUT2D eigenvalue weighted by atomic mass is 10.0. The Balaban J connectivity index is 2.21. The summed E-state index contributed by atoms with van der Waals surface area (Å²) in [4.78, 5) is 0. The Kier molecular flexibility index (Phi) is 5.07. The van der Waals surface area contributed by atoms with Gasteiger partial charge in [-0.25, -0.2) is 0 Å². The maximum atomic E-state index is 5.67. The number of ether oxygens (including phenoxy) is 1. The molecule has 4 nitrogen and oxygen atoms in total. The zero-order valence-corrected chi connectivity index (χ0v) is 12.2. The third kappa shape index (κ3) is 3.78. The molecule has 0 aliphatic heterocycles. The van der Waals surface area contributed by atoms with Gasteiger partial charge in [-0.1, -0.05) is 19.1 Å². The lowest BCUT2D eigenvalue weighted by molar-refractivity contribution is 0.242. The Bertz CT molecular complexity index is 511. The largest absolute Gasteiger partial charge is 0.491 e. The van der Waals surface area contributed by atoms with Crippen molar-refractivity contribution in [2.75, 3.05) is 6.54 Å². The maximum Gasteiger partial charge on any atom is 0.119 e. The minimum Gasteiger partial charge on any atom is -0.491 e. The van der Waals surface area contributed by atoms with Crippen LogP contribution in [-0.4, -0.2) is 22.8 Å².